The van der Waals surface area contributed by atoms with Crippen LogP contribution in [0.5, 0.6) is 0 Å². The number of nitrogens with two attached hydrogens (primary N) is 1. The van der Waals surface area contributed by atoms with Crippen molar-refractivity contribution >= 4 is 12.1 Å². The van der Waals surface area contributed by atoms with Gasteiger partial charge < -0.3 is 5.73 Å². The minimum atomic E-state index is -0.733. The second kappa shape index (κ2) is 7.29. The highest BCUT2D eigenvalue weighted by atomic mass is 16.1. The number of primary amides is 1. The number of aliphatic imine (C=N–C) groups is 1. The van der Waals surface area contributed by atoms with Crippen LogP contribution in [-0.2, 0) is 11.2 Å². The van der Waals surface area contributed by atoms with Gasteiger partial charge in [-0.25, -0.2) is 0 Å². The first-order valence-corrected chi connectivity index (χ1v) is 11.0. The Morgan fingerprint density at radius 1 is 1.21 bits per heavy atom. The first kappa shape index (κ1) is 19.6. The maximum atomic E-state index is 12.9. The maximum Gasteiger partial charge on any atom is 0.247 e. The van der Waals surface area contributed by atoms with Crippen molar-refractivity contribution in [1.29, 1.82) is 0 Å². The number of hydrogen-bond acceptors (Lipinski definition) is 3. The second-order valence-corrected chi connectivity index (χ2v) is 10.1. The van der Waals surface area contributed by atoms with Crippen LogP contribution in [0.3, 0.4) is 0 Å². The number of likely N-dealkylation sites (tertiary alicyclic amines) is 1. The lowest BCUT2D eigenvalue weighted by Crippen LogP contribution is -2.65. The van der Waals surface area contributed by atoms with Gasteiger partial charge in [0.2, 0.25) is 5.91 Å². The molecule has 1 amide bonds. The topological polar surface area (TPSA) is 58.7 Å². The van der Waals surface area contributed by atoms with Gasteiger partial charge in [0.15, 0.2) is 5.54 Å². The van der Waals surface area contributed by atoms with Gasteiger partial charge in [0.25, 0.3) is 0 Å². The Bertz CT molecular complexity index is 743. The SMILES string of the molecule is CC(C)CC1C2C=NC3(C(N)=O)C(C2)C(Cc2ccccc2)N(CC(C)C)C13. The van der Waals surface area contributed by atoms with Crippen LogP contribution in [0.15, 0.2) is 35.3 Å². The molecule has 1 saturated heterocycles. The molecule has 2 fully saturated rings. The summed E-state index contributed by atoms with van der Waals surface area (Å²) in [4.78, 5) is 20.5. The van der Waals surface area contributed by atoms with Gasteiger partial charge in [0.05, 0.1) is 0 Å². The van der Waals surface area contributed by atoms with E-state index in [1.165, 1.54) is 5.56 Å². The van der Waals surface area contributed by atoms with E-state index in [2.05, 4.69) is 69.1 Å². The van der Waals surface area contributed by atoms with Crippen LogP contribution >= 0.6 is 0 Å². The number of amides is 1. The van der Waals surface area contributed by atoms with E-state index in [4.69, 9.17) is 10.7 Å². The predicted molar refractivity (Wildman–Crippen MR) is 114 cm³/mol. The first-order valence-electron chi connectivity index (χ1n) is 11.0. The highest BCUT2D eigenvalue weighted by molar-refractivity contribution is 5.91. The lowest BCUT2D eigenvalue weighted by atomic mass is 9.58. The van der Waals surface area contributed by atoms with E-state index in [0.29, 0.717) is 29.7 Å². The van der Waals surface area contributed by atoms with Crippen molar-refractivity contribution in [3.63, 3.8) is 0 Å². The fourth-order valence-electron chi connectivity index (χ4n) is 6.40. The van der Waals surface area contributed by atoms with Crippen molar-refractivity contribution in [3.05, 3.63) is 35.9 Å². The summed E-state index contributed by atoms with van der Waals surface area (Å²) in [5.41, 5.74) is 6.73. The molecule has 4 heteroatoms. The van der Waals surface area contributed by atoms with Crippen LogP contribution in [0.1, 0.15) is 46.1 Å². The molecule has 0 aromatic heterocycles. The molecular formula is C24H35N3O. The number of carbonyl (C=O) groups excluding carboxylic acids is 1. The average molecular weight is 382 g/mol. The predicted octanol–water partition coefficient (Wildman–Crippen LogP) is 3.54. The minimum Gasteiger partial charge on any atom is -0.367 e. The standard InChI is InChI=1S/C24H35N3O/c1-15(2)10-19-18-12-20-21(11-17-8-6-5-7-9-17)27(14-16(3)4)22(19)24(20,23(25)28)26-13-18/h5-9,13,15-16,18-22H,10-12,14H2,1-4H3,(H2,25,28). The van der Waals surface area contributed by atoms with Gasteiger partial charge >= 0.3 is 0 Å². The lowest BCUT2D eigenvalue weighted by molar-refractivity contribution is -0.128. The third-order valence-electron chi connectivity index (χ3n) is 7.23. The molecular weight excluding hydrogens is 346 g/mol. The monoisotopic (exact) mass is 381 g/mol. The molecule has 6 atom stereocenters. The van der Waals surface area contributed by atoms with Gasteiger partial charge in [-0.3, -0.25) is 14.7 Å². The molecule has 1 aliphatic carbocycles. The zero-order chi connectivity index (χ0) is 20.1. The van der Waals surface area contributed by atoms with E-state index in [9.17, 15) is 4.79 Å². The van der Waals surface area contributed by atoms with Crippen molar-refractivity contribution in [3.8, 4) is 0 Å². The molecule has 3 aliphatic heterocycles. The number of hydrogen-bond donors (Lipinski definition) is 1. The van der Waals surface area contributed by atoms with Gasteiger partial charge in [0.1, 0.15) is 0 Å². The summed E-state index contributed by atoms with van der Waals surface area (Å²) < 4.78 is 0. The molecule has 6 unspecified atom stereocenters. The molecule has 0 spiro atoms. The third kappa shape index (κ3) is 3.01. The van der Waals surface area contributed by atoms with Gasteiger partial charge in [-0.15, -0.1) is 0 Å². The molecule has 28 heavy (non-hydrogen) atoms. The zero-order valence-electron chi connectivity index (χ0n) is 17.7. The highest BCUT2D eigenvalue weighted by Crippen LogP contribution is 2.58. The van der Waals surface area contributed by atoms with Crippen molar-refractivity contribution in [2.45, 2.75) is 64.6 Å². The van der Waals surface area contributed by atoms with Crippen molar-refractivity contribution in [2.24, 2.45) is 40.3 Å². The summed E-state index contributed by atoms with van der Waals surface area (Å²) >= 11 is 0. The van der Waals surface area contributed by atoms with Gasteiger partial charge in [0, 0.05) is 30.8 Å². The Morgan fingerprint density at radius 2 is 1.93 bits per heavy atom. The molecule has 1 saturated carbocycles. The largest absolute Gasteiger partial charge is 0.367 e. The quantitative estimate of drug-likeness (QED) is 0.785. The van der Waals surface area contributed by atoms with E-state index < -0.39 is 5.54 Å². The van der Waals surface area contributed by atoms with Crippen molar-refractivity contribution in [1.82, 2.24) is 4.90 Å². The third-order valence-corrected chi connectivity index (χ3v) is 7.23. The molecule has 1 aromatic carbocycles. The van der Waals surface area contributed by atoms with Crippen LogP contribution in [0.4, 0.5) is 0 Å². The molecule has 1 aromatic rings. The van der Waals surface area contributed by atoms with E-state index in [0.717, 1.165) is 25.8 Å². The molecule has 0 radical (unpaired) electrons. The average Bonchev–Trinajstić information content (AvgIpc) is 2.85. The van der Waals surface area contributed by atoms with Crippen LogP contribution < -0.4 is 5.73 Å². The summed E-state index contributed by atoms with van der Waals surface area (Å²) in [6.07, 6.45) is 5.24. The molecule has 4 bridgehead atoms. The highest BCUT2D eigenvalue weighted by Gasteiger charge is 2.69. The Labute approximate surface area is 169 Å². The Kier molecular flexibility index (Phi) is 5.11. The summed E-state index contributed by atoms with van der Waals surface area (Å²) in [6.45, 7) is 10.1. The van der Waals surface area contributed by atoms with E-state index in [1.54, 1.807) is 0 Å². The molecule has 5 rings (SSSR count). The number of carbonyl (C=O) groups is 1. The summed E-state index contributed by atoms with van der Waals surface area (Å²) in [5.74, 6) is 2.12. The van der Waals surface area contributed by atoms with Crippen LogP contribution in [0.2, 0.25) is 0 Å². The lowest BCUT2D eigenvalue weighted by Gasteiger charge is -2.51. The van der Waals surface area contributed by atoms with E-state index in [-0.39, 0.29) is 17.9 Å². The first-order chi connectivity index (χ1) is 13.3. The van der Waals surface area contributed by atoms with E-state index in [1.807, 2.05) is 0 Å². The van der Waals surface area contributed by atoms with Gasteiger partial charge in [-0.2, -0.15) is 0 Å². The molecule has 152 valence electrons. The summed E-state index contributed by atoms with van der Waals surface area (Å²) in [7, 11) is 0. The van der Waals surface area contributed by atoms with Crippen molar-refractivity contribution in [2.75, 3.05) is 6.54 Å². The van der Waals surface area contributed by atoms with Gasteiger partial charge in [-0.05, 0) is 48.5 Å². The summed E-state index contributed by atoms with van der Waals surface area (Å²) in [5, 5.41) is 0. The molecule has 4 aliphatic rings. The number of nitrogens with zero attached hydrogens (tertiary/aromatic N) is 2. The second-order valence-electron chi connectivity index (χ2n) is 10.1. The Morgan fingerprint density at radius 3 is 2.54 bits per heavy atom. The fourth-order valence-corrected chi connectivity index (χ4v) is 6.40. The zero-order valence-corrected chi connectivity index (χ0v) is 17.7. The fraction of sp³-hybridized carbons (Fsp3) is 0.667. The number of benzene rings is 1. The Hall–Kier alpha value is -1.68. The molecule has 3 heterocycles. The Balaban J connectivity index is 1.78. The molecule has 4 nitrogen and oxygen atoms in total. The van der Waals surface area contributed by atoms with Crippen LogP contribution in [-0.4, -0.2) is 41.2 Å². The van der Waals surface area contributed by atoms with Crippen molar-refractivity contribution < 1.29 is 4.79 Å². The van der Waals surface area contributed by atoms with E-state index >= 15 is 0 Å². The maximum absolute atomic E-state index is 12.9. The normalized spacial score (nSPS) is 36.6. The number of rotatable bonds is 7. The van der Waals surface area contributed by atoms with Crippen LogP contribution in [0.25, 0.3) is 0 Å². The molecule has 2 N–H and O–H groups in total. The van der Waals surface area contributed by atoms with Gasteiger partial charge in [-0.1, -0.05) is 58.0 Å². The smallest absolute Gasteiger partial charge is 0.247 e. The minimum absolute atomic E-state index is 0.150. The summed E-state index contributed by atoms with van der Waals surface area (Å²) in [6, 6.07) is 11.2. The van der Waals surface area contributed by atoms with Crippen LogP contribution in [0, 0.1) is 29.6 Å².